The fourth-order valence-corrected chi connectivity index (χ4v) is 2.26. The number of hydrogen-bond donors (Lipinski definition) is 2. The molecule has 2 heterocycles. The number of rotatable bonds is 4. The molecule has 3 nitrogen and oxygen atoms in total. The number of hydrogen-bond acceptors (Lipinski definition) is 3. The van der Waals surface area contributed by atoms with Gasteiger partial charge in [0, 0.05) is 37.4 Å². The van der Waals surface area contributed by atoms with E-state index in [-0.39, 0.29) is 0 Å². The second kappa shape index (κ2) is 5.97. The van der Waals surface area contributed by atoms with Gasteiger partial charge in [0.05, 0.1) is 0 Å². The van der Waals surface area contributed by atoms with Gasteiger partial charge in [-0.25, -0.2) is 0 Å². The zero-order valence-electron chi connectivity index (χ0n) is 9.95. The summed E-state index contributed by atoms with van der Waals surface area (Å²) in [4.78, 5) is 4.32. The van der Waals surface area contributed by atoms with Crippen molar-refractivity contribution in [3.8, 4) is 0 Å². The molecule has 3 heteroatoms. The first-order chi connectivity index (χ1) is 7.84. The molecule has 0 radical (unpaired) electrons. The molecule has 0 aromatic carbocycles. The SMILES string of the molecule is CC1CNCC(NCCc2ccccn2)C1. The van der Waals surface area contributed by atoms with Crippen molar-refractivity contribution in [1.82, 2.24) is 15.6 Å². The Hall–Kier alpha value is -0.930. The summed E-state index contributed by atoms with van der Waals surface area (Å²) < 4.78 is 0. The summed E-state index contributed by atoms with van der Waals surface area (Å²) in [5.41, 5.74) is 1.17. The fraction of sp³-hybridized carbons (Fsp3) is 0.615. The Morgan fingerprint density at radius 1 is 1.44 bits per heavy atom. The van der Waals surface area contributed by atoms with Crippen LogP contribution in [0.2, 0.25) is 0 Å². The molecule has 2 unspecified atom stereocenters. The van der Waals surface area contributed by atoms with Crippen LogP contribution >= 0.6 is 0 Å². The minimum absolute atomic E-state index is 0.632. The molecule has 0 saturated carbocycles. The highest BCUT2D eigenvalue weighted by molar-refractivity contribution is 5.03. The Balaban J connectivity index is 1.68. The molecule has 2 atom stereocenters. The van der Waals surface area contributed by atoms with Crippen molar-refractivity contribution in [3.63, 3.8) is 0 Å². The van der Waals surface area contributed by atoms with Crippen LogP contribution in [0.25, 0.3) is 0 Å². The van der Waals surface area contributed by atoms with Gasteiger partial charge >= 0.3 is 0 Å². The van der Waals surface area contributed by atoms with E-state index in [1.807, 2.05) is 18.3 Å². The van der Waals surface area contributed by atoms with Crippen LogP contribution in [0.15, 0.2) is 24.4 Å². The normalized spacial score (nSPS) is 25.6. The van der Waals surface area contributed by atoms with Crippen molar-refractivity contribution in [3.05, 3.63) is 30.1 Å². The van der Waals surface area contributed by atoms with Gasteiger partial charge in [0.15, 0.2) is 0 Å². The molecule has 1 saturated heterocycles. The first-order valence-corrected chi connectivity index (χ1v) is 6.18. The molecule has 0 aliphatic carbocycles. The predicted molar refractivity (Wildman–Crippen MR) is 66.4 cm³/mol. The molecular weight excluding hydrogens is 198 g/mol. The number of pyridine rings is 1. The molecular formula is C13H21N3. The van der Waals surface area contributed by atoms with Crippen LogP contribution in [0.5, 0.6) is 0 Å². The Kier molecular flexibility index (Phi) is 4.31. The van der Waals surface area contributed by atoms with E-state index in [0.717, 1.165) is 25.4 Å². The molecule has 2 rings (SSSR count). The van der Waals surface area contributed by atoms with Gasteiger partial charge in [-0.2, -0.15) is 0 Å². The van der Waals surface area contributed by atoms with E-state index >= 15 is 0 Å². The van der Waals surface area contributed by atoms with Crippen LogP contribution in [0.3, 0.4) is 0 Å². The van der Waals surface area contributed by atoms with E-state index in [1.54, 1.807) is 0 Å². The van der Waals surface area contributed by atoms with Crippen LogP contribution in [0.1, 0.15) is 19.0 Å². The maximum atomic E-state index is 4.32. The molecule has 0 bridgehead atoms. The van der Waals surface area contributed by atoms with Crippen molar-refractivity contribution < 1.29 is 0 Å². The van der Waals surface area contributed by atoms with Gasteiger partial charge in [0.1, 0.15) is 0 Å². The second-order valence-corrected chi connectivity index (χ2v) is 4.72. The molecule has 1 aliphatic rings. The summed E-state index contributed by atoms with van der Waals surface area (Å²) >= 11 is 0. The maximum absolute atomic E-state index is 4.32. The van der Waals surface area contributed by atoms with Gasteiger partial charge in [-0.1, -0.05) is 13.0 Å². The van der Waals surface area contributed by atoms with E-state index < -0.39 is 0 Å². The highest BCUT2D eigenvalue weighted by Crippen LogP contribution is 2.09. The average molecular weight is 219 g/mol. The molecule has 1 aromatic heterocycles. The molecule has 0 amide bonds. The third-order valence-corrected chi connectivity index (χ3v) is 3.11. The highest BCUT2D eigenvalue weighted by atomic mass is 15.0. The van der Waals surface area contributed by atoms with Crippen LogP contribution in [0, 0.1) is 5.92 Å². The summed E-state index contributed by atoms with van der Waals surface area (Å²) in [6.45, 7) is 5.60. The molecule has 2 N–H and O–H groups in total. The van der Waals surface area contributed by atoms with Crippen LogP contribution in [-0.2, 0) is 6.42 Å². The molecule has 88 valence electrons. The van der Waals surface area contributed by atoms with E-state index in [4.69, 9.17) is 0 Å². The van der Waals surface area contributed by atoms with E-state index in [1.165, 1.54) is 18.7 Å². The first kappa shape index (κ1) is 11.6. The monoisotopic (exact) mass is 219 g/mol. The number of piperidine rings is 1. The van der Waals surface area contributed by atoms with Crippen molar-refractivity contribution in [2.75, 3.05) is 19.6 Å². The lowest BCUT2D eigenvalue weighted by Crippen LogP contribution is -2.46. The lowest BCUT2D eigenvalue weighted by Gasteiger charge is -2.28. The minimum atomic E-state index is 0.632. The first-order valence-electron chi connectivity index (χ1n) is 6.18. The summed E-state index contributed by atoms with van der Waals surface area (Å²) in [6, 6.07) is 6.73. The fourth-order valence-electron chi connectivity index (χ4n) is 2.26. The van der Waals surface area contributed by atoms with Crippen molar-refractivity contribution >= 4 is 0 Å². The summed E-state index contributed by atoms with van der Waals surface area (Å²) in [7, 11) is 0. The second-order valence-electron chi connectivity index (χ2n) is 4.72. The van der Waals surface area contributed by atoms with Gasteiger partial charge in [-0.15, -0.1) is 0 Å². The van der Waals surface area contributed by atoms with Gasteiger partial charge in [0.2, 0.25) is 0 Å². The van der Waals surface area contributed by atoms with Crippen molar-refractivity contribution in [2.45, 2.75) is 25.8 Å². The maximum Gasteiger partial charge on any atom is 0.0416 e. The number of nitrogens with one attached hydrogen (secondary N) is 2. The lowest BCUT2D eigenvalue weighted by atomic mass is 9.98. The molecule has 1 aromatic rings. The highest BCUT2D eigenvalue weighted by Gasteiger charge is 2.17. The third-order valence-electron chi connectivity index (χ3n) is 3.11. The number of nitrogens with zero attached hydrogens (tertiary/aromatic N) is 1. The van der Waals surface area contributed by atoms with Crippen LogP contribution in [0.4, 0.5) is 0 Å². The summed E-state index contributed by atoms with van der Waals surface area (Å²) in [5, 5.41) is 7.05. The Labute approximate surface area is 97.7 Å². The minimum Gasteiger partial charge on any atom is -0.315 e. The zero-order chi connectivity index (χ0) is 11.2. The van der Waals surface area contributed by atoms with Gasteiger partial charge < -0.3 is 10.6 Å². The average Bonchev–Trinajstić information content (AvgIpc) is 2.30. The standard InChI is InChI=1S/C13H21N3/c1-11-8-13(10-14-9-11)16-7-5-12-4-2-3-6-15-12/h2-4,6,11,13-14,16H,5,7-10H2,1H3. The smallest absolute Gasteiger partial charge is 0.0416 e. The predicted octanol–water partition coefficient (Wildman–Crippen LogP) is 1.21. The summed E-state index contributed by atoms with van der Waals surface area (Å²) in [6.07, 6.45) is 4.17. The Bertz CT molecular complexity index is 299. The third kappa shape index (κ3) is 3.58. The van der Waals surface area contributed by atoms with Crippen LogP contribution in [-0.4, -0.2) is 30.7 Å². The van der Waals surface area contributed by atoms with E-state index in [9.17, 15) is 0 Å². The summed E-state index contributed by atoms with van der Waals surface area (Å²) in [5.74, 6) is 0.793. The van der Waals surface area contributed by atoms with Gasteiger partial charge in [-0.3, -0.25) is 4.98 Å². The Morgan fingerprint density at radius 3 is 3.12 bits per heavy atom. The Morgan fingerprint density at radius 2 is 2.38 bits per heavy atom. The molecule has 1 fully saturated rings. The van der Waals surface area contributed by atoms with Gasteiger partial charge in [0.25, 0.3) is 0 Å². The molecule has 1 aliphatic heterocycles. The quantitative estimate of drug-likeness (QED) is 0.799. The van der Waals surface area contributed by atoms with Gasteiger partial charge in [-0.05, 0) is 31.0 Å². The van der Waals surface area contributed by atoms with E-state index in [2.05, 4.69) is 28.6 Å². The molecule has 16 heavy (non-hydrogen) atoms. The number of aromatic nitrogens is 1. The van der Waals surface area contributed by atoms with Crippen molar-refractivity contribution in [1.29, 1.82) is 0 Å². The van der Waals surface area contributed by atoms with E-state index in [0.29, 0.717) is 6.04 Å². The molecule has 0 spiro atoms. The van der Waals surface area contributed by atoms with Crippen molar-refractivity contribution in [2.24, 2.45) is 5.92 Å². The largest absolute Gasteiger partial charge is 0.315 e. The lowest BCUT2D eigenvalue weighted by molar-refractivity contribution is 0.321. The zero-order valence-corrected chi connectivity index (χ0v) is 9.95. The van der Waals surface area contributed by atoms with Crippen LogP contribution < -0.4 is 10.6 Å². The topological polar surface area (TPSA) is 37.0 Å².